The van der Waals surface area contributed by atoms with Crippen LogP contribution in [0.2, 0.25) is 0 Å². The molecule has 1 aliphatic rings. The van der Waals surface area contributed by atoms with Crippen molar-refractivity contribution in [1.29, 1.82) is 0 Å². The molecule has 0 spiro atoms. The van der Waals surface area contributed by atoms with E-state index in [0.717, 1.165) is 11.1 Å². The van der Waals surface area contributed by atoms with Gasteiger partial charge in [-0.2, -0.15) is 0 Å². The van der Waals surface area contributed by atoms with Crippen molar-refractivity contribution in [1.82, 2.24) is 0 Å². The first-order valence-corrected chi connectivity index (χ1v) is 9.65. The molecular weight excluding hydrogens is 366 g/mol. The molecular formula is C24H23NO4. The zero-order valence-electron chi connectivity index (χ0n) is 16.0. The molecule has 5 heteroatoms. The Labute approximate surface area is 169 Å². The van der Waals surface area contributed by atoms with Crippen molar-refractivity contribution in [2.75, 3.05) is 11.5 Å². The fourth-order valence-corrected chi connectivity index (χ4v) is 3.77. The van der Waals surface area contributed by atoms with Crippen LogP contribution in [-0.2, 0) is 17.6 Å². The van der Waals surface area contributed by atoms with Gasteiger partial charge in [-0.25, -0.2) is 9.69 Å². The lowest BCUT2D eigenvalue weighted by Gasteiger charge is -2.34. The second-order valence-corrected chi connectivity index (χ2v) is 7.38. The first-order chi connectivity index (χ1) is 14.1. The third kappa shape index (κ3) is 4.10. The Morgan fingerprint density at radius 2 is 1.55 bits per heavy atom. The lowest BCUT2D eigenvalue weighted by atomic mass is 9.80. The van der Waals surface area contributed by atoms with Crippen molar-refractivity contribution >= 4 is 17.5 Å². The highest BCUT2D eigenvalue weighted by atomic mass is 16.6. The van der Waals surface area contributed by atoms with Gasteiger partial charge in [-0.05, 0) is 54.3 Å². The zero-order valence-corrected chi connectivity index (χ0v) is 16.0. The van der Waals surface area contributed by atoms with Gasteiger partial charge < -0.3 is 14.9 Å². The number of carbonyl (C=O) groups excluding carboxylic acids is 1. The first kappa shape index (κ1) is 19.0. The van der Waals surface area contributed by atoms with Gasteiger partial charge in [0.05, 0.1) is 11.4 Å². The predicted octanol–water partition coefficient (Wildman–Crippen LogP) is 4.59. The summed E-state index contributed by atoms with van der Waals surface area (Å²) in [5.74, 6) is 0.251. The second-order valence-electron chi connectivity index (χ2n) is 7.38. The van der Waals surface area contributed by atoms with Gasteiger partial charge in [0.15, 0.2) is 0 Å². The van der Waals surface area contributed by atoms with Crippen molar-refractivity contribution in [3.63, 3.8) is 0 Å². The molecule has 148 valence electrons. The van der Waals surface area contributed by atoms with E-state index in [1.165, 1.54) is 4.90 Å². The summed E-state index contributed by atoms with van der Waals surface area (Å²) < 4.78 is 5.58. The van der Waals surface area contributed by atoms with Crippen LogP contribution in [0.1, 0.15) is 17.5 Å². The summed E-state index contributed by atoms with van der Waals surface area (Å²) in [4.78, 5) is 14.5. The number of benzene rings is 3. The van der Waals surface area contributed by atoms with Crippen molar-refractivity contribution < 1.29 is 19.7 Å². The minimum atomic E-state index is -1.16. The molecule has 0 bridgehead atoms. The monoisotopic (exact) mass is 389 g/mol. The van der Waals surface area contributed by atoms with Crippen molar-refractivity contribution in [2.24, 2.45) is 0 Å². The predicted molar refractivity (Wildman–Crippen MR) is 111 cm³/mol. The number of fused-ring (bicyclic) bond motifs is 1. The number of ether oxygens (including phenoxy) is 1. The van der Waals surface area contributed by atoms with Crippen LogP contribution >= 0.6 is 0 Å². The molecule has 3 aromatic carbocycles. The van der Waals surface area contributed by atoms with Crippen LogP contribution in [0.3, 0.4) is 0 Å². The normalized spacial score (nSPS) is 18.0. The molecule has 3 aromatic rings. The van der Waals surface area contributed by atoms with Gasteiger partial charge in [0.2, 0.25) is 0 Å². The number of amides is 1. The number of para-hydroxylation sites is 2. The van der Waals surface area contributed by atoms with Crippen LogP contribution in [0.4, 0.5) is 16.2 Å². The van der Waals surface area contributed by atoms with E-state index >= 15 is 0 Å². The lowest BCUT2D eigenvalue weighted by molar-refractivity contribution is -0.0296. The minimum Gasteiger partial charge on any atom is -0.508 e. The maximum Gasteiger partial charge on any atom is 0.419 e. The number of nitrogens with zero attached hydrogens (tertiary/aromatic N) is 1. The van der Waals surface area contributed by atoms with E-state index in [4.69, 9.17) is 4.74 Å². The maximum atomic E-state index is 13.0. The average molecular weight is 389 g/mol. The molecule has 0 aromatic heterocycles. The third-order valence-corrected chi connectivity index (χ3v) is 5.28. The Bertz CT molecular complexity index is 951. The van der Waals surface area contributed by atoms with E-state index < -0.39 is 11.7 Å². The summed E-state index contributed by atoms with van der Waals surface area (Å²) in [6, 6.07) is 23.8. The van der Waals surface area contributed by atoms with Crippen LogP contribution in [-0.4, -0.2) is 28.5 Å². The molecule has 29 heavy (non-hydrogen) atoms. The highest BCUT2D eigenvalue weighted by Gasteiger charge is 2.35. The minimum absolute atomic E-state index is 0.114. The molecule has 5 nitrogen and oxygen atoms in total. The van der Waals surface area contributed by atoms with E-state index in [2.05, 4.69) is 0 Å². The standard InChI is InChI=1S/C24H23NO4/c26-22-13-7-8-18-16-24(28,15-14-21(18)22)17-29-23(27)25(19-9-3-1-4-10-19)20-11-5-2-6-12-20/h1-13,26,28H,14-17H2/t24-/m1/s1. The number of aromatic hydroxyl groups is 1. The molecule has 2 N–H and O–H groups in total. The number of anilines is 2. The smallest absolute Gasteiger partial charge is 0.419 e. The molecule has 0 aliphatic heterocycles. The van der Waals surface area contributed by atoms with Gasteiger partial charge in [-0.1, -0.05) is 48.5 Å². The Morgan fingerprint density at radius 3 is 2.17 bits per heavy atom. The number of phenols is 1. The van der Waals surface area contributed by atoms with Crippen molar-refractivity contribution in [3.8, 4) is 5.75 Å². The fourth-order valence-electron chi connectivity index (χ4n) is 3.77. The zero-order chi connectivity index (χ0) is 20.3. The highest BCUT2D eigenvalue weighted by Crippen LogP contribution is 2.34. The van der Waals surface area contributed by atoms with Gasteiger partial charge in [0.1, 0.15) is 18.0 Å². The number of rotatable bonds is 4. The van der Waals surface area contributed by atoms with Crippen LogP contribution in [0.5, 0.6) is 5.75 Å². The SMILES string of the molecule is O=C(OC[C@@]1(O)CCc2c(O)cccc2C1)N(c1ccccc1)c1ccccc1. The number of hydrogen-bond acceptors (Lipinski definition) is 4. The highest BCUT2D eigenvalue weighted by molar-refractivity contribution is 5.95. The van der Waals surface area contributed by atoms with Crippen LogP contribution < -0.4 is 4.90 Å². The Morgan fingerprint density at radius 1 is 0.931 bits per heavy atom. The van der Waals surface area contributed by atoms with Crippen molar-refractivity contribution in [3.05, 3.63) is 90.0 Å². The molecule has 0 radical (unpaired) electrons. The van der Waals surface area contributed by atoms with Gasteiger partial charge >= 0.3 is 6.09 Å². The molecule has 0 saturated heterocycles. The van der Waals surface area contributed by atoms with E-state index in [1.807, 2.05) is 66.7 Å². The summed E-state index contributed by atoms with van der Waals surface area (Å²) in [6.07, 6.45) is 0.747. The maximum absolute atomic E-state index is 13.0. The quantitative estimate of drug-likeness (QED) is 0.685. The van der Waals surface area contributed by atoms with Gasteiger partial charge in [-0.15, -0.1) is 0 Å². The largest absolute Gasteiger partial charge is 0.508 e. The third-order valence-electron chi connectivity index (χ3n) is 5.28. The molecule has 1 aliphatic carbocycles. The summed E-state index contributed by atoms with van der Waals surface area (Å²) >= 11 is 0. The number of phenolic OH excluding ortho intramolecular Hbond substituents is 1. The van der Waals surface area contributed by atoms with Crippen LogP contribution in [0.15, 0.2) is 78.9 Å². The summed E-state index contributed by atoms with van der Waals surface area (Å²) in [5.41, 5.74) is 1.97. The summed E-state index contributed by atoms with van der Waals surface area (Å²) in [5, 5.41) is 21.0. The Balaban J connectivity index is 1.51. The molecule has 0 unspecified atom stereocenters. The molecule has 0 fully saturated rings. The fraction of sp³-hybridized carbons (Fsp3) is 0.208. The molecule has 1 amide bonds. The lowest BCUT2D eigenvalue weighted by Crippen LogP contribution is -2.42. The Kier molecular flexibility index (Phi) is 5.23. The summed E-state index contributed by atoms with van der Waals surface area (Å²) in [7, 11) is 0. The van der Waals surface area contributed by atoms with E-state index in [0.29, 0.717) is 30.6 Å². The average Bonchev–Trinajstić information content (AvgIpc) is 2.74. The number of hydrogen-bond donors (Lipinski definition) is 2. The number of aliphatic hydroxyl groups is 1. The molecule has 4 rings (SSSR count). The van der Waals surface area contributed by atoms with E-state index in [9.17, 15) is 15.0 Å². The topological polar surface area (TPSA) is 70.0 Å². The molecule has 0 heterocycles. The van der Waals surface area contributed by atoms with Gasteiger partial charge in [0.25, 0.3) is 0 Å². The van der Waals surface area contributed by atoms with Gasteiger partial charge in [0, 0.05) is 6.42 Å². The molecule has 1 atom stereocenters. The number of carbonyl (C=O) groups is 1. The van der Waals surface area contributed by atoms with Crippen molar-refractivity contribution in [2.45, 2.75) is 24.9 Å². The van der Waals surface area contributed by atoms with E-state index in [1.54, 1.807) is 12.1 Å². The van der Waals surface area contributed by atoms with E-state index in [-0.39, 0.29) is 12.4 Å². The first-order valence-electron chi connectivity index (χ1n) is 9.65. The Hall–Kier alpha value is -3.31. The van der Waals surface area contributed by atoms with Gasteiger partial charge in [-0.3, -0.25) is 0 Å². The molecule has 0 saturated carbocycles. The summed E-state index contributed by atoms with van der Waals surface area (Å²) in [6.45, 7) is -0.114. The van der Waals surface area contributed by atoms with Crippen LogP contribution in [0, 0.1) is 0 Å². The van der Waals surface area contributed by atoms with Crippen LogP contribution in [0.25, 0.3) is 0 Å². The second kappa shape index (κ2) is 7.97.